The number of carbonyl (C=O) groups is 2. The second-order valence-electron chi connectivity index (χ2n) is 7.35. The van der Waals surface area contributed by atoms with E-state index in [2.05, 4.69) is 4.99 Å². The predicted molar refractivity (Wildman–Crippen MR) is 105 cm³/mol. The molecule has 0 N–H and O–H groups in total. The maximum atomic E-state index is 12.7. The number of carbonyl (C=O) groups excluding carboxylic acids is 2. The third-order valence-corrected chi connectivity index (χ3v) is 4.60. The summed E-state index contributed by atoms with van der Waals surface area (Å²) in [6.07, 6.45) is 0. The third-order valence-electron chi connectivity index (χ3n) is 4.36. The highest BCUT2D eigenvalue weighted by Gasteiger charge is 2.30. The van der Waals surface area contributed by atoms with E-state index in [4.69, 9.17) is 11.6 Å². The molecular weight excluding hydrogens is 348 g/mol. The fourth-order valence-corrected chi connectivity index (χ4v) is 2.95. The minimum Gasteiger partial charge on any atom is -0.303 e. The molecule has 0 aromatic heterocycles. The largest absolute Gasteiger partial charge is 0.303 e. The lowest BCUT2D eigenvalue weighted by molar-refractivity contribution is -0.127. The number of ketones is 1. The number of Topliss-reactive ketones (excluding diaryl/α,β-unsaturated/α-hetero) is 1. The number of nitrogens with zero attached hydrogens (tertiary/aromatic N) is 2. The van der Waals surface area contributed by atoms with Crippen LogP contribution in [-0.4, -0.2) is 30.5 Å². The SMILES string of the molecule is CC(C)(C)C(=O)CN1C(=O)CN=C(c2ccccc2)c2cc(Cl)ccc21. The molecule has 0 atom stereocenters. The van der Waals surface area contributed by atoms with Gasteiger partial charge in [0.25, 0.3) is 0 Å². The Bertz CT molecular complexity index is 883. The second-order valence-corrected chi connectivity index (χ2v) is 7.78. The molecule has 0 bridgehead atoms. The average molecular weight is 369 g/mol. The Labute approximate surface area is 158 Å². The zero-order chi connectivity index (χ0) is 18.9. The summed E-state index contributed by atoms with van der Waals surface area (Å²) in [5, 5.41) is 0.559. The molecule has 0 spiro atoms. The molecule has 1 heterocycles. The number of halogens is 1. The van der Waals surface area contributed by atoms with Crippen molar-refractivity contribution in [2.24, 2.45) is 10.4 Å². The van der Waals surface area contributed by atoms with E-state index in [1.54, 1.807) is 18.2 Å². The van der Waals surface area contributed by atoms with Gasteiger partial charge in [0.1, 0.15) is 6.54 Å². The Kier molecular flexibility index (Phi) is 4.97. The lowest BCUT2D eigenvalue weighted by Gasteiger charge is -2.26. The van der Waals surface area contributed by atoms with Gasteiger partial charge < -0.3 is 4.90 Å². The molecule has 134 valence electrons. The van der Waals surface area contributed by atoms with E-state index in [0.717, 1.165) is 11.1 Å². The van der Waals surface area contributed by atoms with Gasteiger partial charge in [-0.3, -0.25) is 14.6 Å². The van der Waals surface area contributed by atoms with E-state index < -0.39 is 5.41 Å². The van der Waals surface area contributed by atoms with Crippen LogP contribution in [0.5, 0.6) is 0 Å². The molecule has 0 unspecified atom stereocenters. The van der Waals surface area contributed by atoms with Crippen molar-refractivity contribution in [1.82, 2.24) is 0 Å². The molecule has 0 radical (unpaired) electrons. The molecule has 2 aromatic carbocycles. The molecule has 1 aliphatic rings. The summed E-state index contributed by atoms with van der Waals surface area (Å²) in [6, 6.07) is 15.0. The van der Waals surface area contributed by atoms with E-state index in [-0.39, 0.29) is 24.8 Å². The smallest absolute Gasteiger partial charge is 0.249 e. The van der Waals surface area contributed by atoms with Gasteiger partial charge in [0.15, 0.2) is 5.78 Å². The van der Waals surface area contributed by atoms with Crippen LogP contribution in [-0.2, 0) is 9.59 Å². The highest BCUT2D eigenvalue weighted by molar-refractivity contribution is 6.32. The highest BCUT2D eigenvalue weighted by atomic mass is 35.5. The first-order chi connectivity index (χ1) is 12.3. The average Bonchev–Trinajstić information content (AvgIpc) is 2.72. The Morgan fingerprint density at radius 1 is 1.15 bits per heavy atom. The molecule has 2 aromatic rings. The molecule has 0 saturated carbocycles. The van der Waals surface area contributed by atoms with Gasteiger partial charge in [0, 0.05) is 21.6 Å². The predicted octanol–water partition coefficient (Wildman–Crippen LogP) is 4.14. The van der Waals surface area contributed by atoms with Crippen LogP contribution in [0.25, 0.3) is 0 Å². The number of benzodiazepines with no additional fused rings is 1. The Morgan fingerprint density at radius 3 is 2.50 bits per heavy atom. The van der Waals surface area contributed by atoms with E-state index in [9.17, 15) is 9.59 Å². The van der Waals surface area contributed by atoms with Crippen LogP contribution < -0.4 is 4.90 Å². The lowest BCUT2D eigenvalue weighted by Crippen LogP contribution is -2.40. The first-order valence-corrected chi connectivity index (χ1v) is 8.88. The lowest BCUT2D eigenvalue weighted by atomic mass is 9.90. The summed E-state index contributed by atoms with van der Waals surface area (Å²) in [5.41, 5.74) is 2.52. The van der Waals surface area contributed by atoms with Gasteiger partial charge in [0.2, 0.25) is 5.91 Å². The van der Waals surface area contributed by atoms with E-state index in [0.29, 0.717) is 16.4 Å². The molecule has 3 rings (SSSR count). The number of hydrogen-bond acceptors (Lipinski definition) is 3. The zero-order valence-electron chi connectivity index (χ0n) is 15.1. The zero-order valence-corrected chi connectivity index (χ0v) is 15.9. The summed E-state index contributed by atoms with van der Waals surface area (Å²) in [4.78, 5) is 31.4. The highest BCUT2D eigenvalue weighted by Crippen LogP contribution is 2.30. The summed E-state index contributed by atoms with van der Waals surface area (Å²) in [7, 11) is 0. The van der Waals surface area contributed by atoms with Gasteiger partial charge >= 0.3 is 0 Å². The van der Waals surface area contributed by atoms with Gasteiger partial charge in [-0.15, -0.1) is 0 Å². The van der Waals surface area contributed by atoms with Crippen molar-refractivity contribution in [2.75, 3.05) is 18.0 Å². The molecular formula is C21H21ClN2O2. The van der Waals surface area contributed by atoms with Crippen molar-refractivity contribution in [1.29, 1.82) is 0 Å². The Balaban J connectivity index is 2.11. The topological polar surface area (TPSA) is 49.7 Å². The van der Waals surface area contributed by atoms with Gasteiger partial charge in [-0.05, 0) is 18.2 Å². The van der Waals surface area contributed by atoms with Gasteiger partial charge in [0.05, 0.1) is 17.9 Å². The van der Waals surface area contributed by atoms with E-state index in [1.165, 1.54) is 4.90 Å². The third kappa shape index (κ3) is 3.70. The van der Waals surface area contributed by atoms with Crippen molar-refractivity contribution < 1.29 is 9.59 Å². The van der Waals surface area contributed by atoms with Crippen LogP contribution in [0.4, 0.5) is 5.69 Å². The van der Waals surface area contributed by atoms with Crippen molar-refractivity contribution in [3.8, 4) is 0 Å². The maximum absolute atomic E-state index is 12.7. The molecule has 26 heavy (non-hydrogen) atoms. The monoisotopic (exact) mass is 368 g/mol. The molecule has 0 aliphatic carbocycles. The summed E-state index contributed by atoms with van der Waals surface area (Å²) >= 11 is 6.22. The number of benzene rings is 2. The quantitative estimate of drug-likeness (QED) is 0.817. The molecule has 0 saturated heterocycles. The van der Waals surface area contributed by atoms with Gasteiger partial charge in [-0.25, -0.2) is 0 Å². The molecule has 0 fully saturated rings. The van der Waals surface area contributed by atoms with Crippen molar-refractivity contribution in [2.45, 2.75) is 20.8 Å². The van der Waals surface area contributed by atoms with Crippen LogP contribution in [0.3, 0.4) is 0 Å². The minimum absolute atomic E-state index is 0.00471. The molecule has 5 heteroatoms. The number of fused-ring (bicyclic) bond motifs is 1. The summed E-state index contributed by atoms with van der Waals surface area (Å²) < 4.78 is 0. The fourth-order valence-electron chi connectivity index (χ4n) is 2.78. The van der Waals surface area contributed by atoms with Gasteiger partial charge in [-0.2, -0.15) is 0 Å². The summed E-state index contributed by atoms with van der Waals surface area (Å²) in [6.45, 7) is 5.58. The molecule has 1 aliphatic heterocycles. The number of aliphatic imine (C=N–C) groups is 1. The first kappa shape index (κ1) is 18.3. The van der Waals surface area contributed by atoms with Crippen LogP contribution in [0.15, 0.2) is 53.5 Å². The van der Waals surface area contributed by atoms with Gasteiger partial charge in [-0.1, -0.05) is 62.7 Å². The number of rotatable bonds is 3. The number of hydrogen-bond donors (Lipinski definition) is 0. The van der Waals surface area contributed by atoms with Crippen LogP contribution in [0, 0.1) is 5.41 Å². The fraction of sp³-hybridized carbons (Fsp3) is 0.286. The second kappa shape index (κ2) is 7.04. The van der Waals surface area contributed by atoms with Crippen LogP contribution in [0.2, 0.25) is 5.02 Å². The number of anilines is 1. The molecule has 1 amide bonds. The number of amides is 1. The van der Waals surface area contributed by atoms with Crippen molar-refractivity contribution in [3.63, 3.8) is 0 Å². The minimum atomic E-state index is -0.526. The van der Waals surface area contributed by atoms with E-state index >= 15 is 0 Å². The standard InChI is InChI=1S/C21H21ClN2O2/c1-21(2,3)18(25)13-24-17-10-9-15(22)11-16(17)20(23-12-19(24)26)14-7-5-4-6-8-14/h4-11H,12-13H2,1-3H3. The maximum Gasteiger partial charge on any atom is 0.249 e. The van der Waals surface area contributed by atoms with Crippen molar-refractivity contribution >= 4 is 34.7 Å². The van der Waals surface area contributed by atoms with E-state index in [1.807, 2.05) is 51.1 Å². The molecule has 4 nitrogen and oxygen atoms in total. The van der Waals surface area contributed by atoms with Crippen molar-refractivity contribution in [3.05, 3.63) is 64.7 Å². The first-order valence-electron chi connectivity index (χ1n) is 8.51. The normalized spacial score (nSPS) is 14.5. The van der Waals surface area contributed by atoms with Crippen LogP contribution >= 0.6 is 11.6 Å². The van der Waals surface area contributed by atoms with Crippen LogP contribution in [0.1, 0.15) is 31.9 Å². The Hall–Kier alpha value is -2.46. The summed E-state index contributed by atoms with van der Waals surface area (Å²) in [5.74, 6) is -0.202. The Morgan fingerprint density at radius 2 is 1.85 bits per heavy atom.